The lowest BCUT2D eigenvalue weighted by atomic mass is 9.91. The van der Waals surface area contributed by atoms with Crippen molar-refractivity contribution in [3.05, 3.63) is 96.0 Å². The number of aromatic nitrogens is 2. The van der Waals surface area contributed by atoms with Crippen molar-refractivity contribution in [3.8, 4) is 11.1 Å². The number of anilines is 1. The summed E-state index contributed by atoms with van der Waals surface area (Å²) in [4.78, 5) is 9.11. The molecule has 5 heteroatoms. The Morgan fingerprint density at radius 3 is 2.63 bits per heavy atom. The molecule has 0 amide bonds. The Bertz CT molecular complexity index is 1370. The third kappa shape index (κ3) is 4.64. The Hall–Kier alpha value is -3.70. The van der Waals surface area contributed by atoms with Gasteiger partial charge in [-0.15, -0.1) is 0 Å². The highest BCUT2D eigenvalue weighted by atomic mass is 16.3. The molecule has 0 spiro atoms. The number of hydrogen-bond donors (Lipinski definition) is 2. The SMILES string of the molecule is CCC(C)c1cccc(-c2c(C3=CC=CCC3)oc3ncnc(NC(CO)c4ccccc4)c23)c1. The predicted octanol–water partition coefficient (Wildman–Crippen LogP) is 7.28. The maximum Gasteiger partial charge on any atom is 0.232 e. The second kappa shape index (κ2) is 10.3. The maximum absolute atomic E-state index is 10.2. The van der Waals surface area contributed by atoms with E-state index in [1.165, 1.54) is 11.9 Å². The van der Waals surface area contributed by atoms with Crippen LogP contribution in [0.15, 0.2) is 83.6 Å². The highest BCUT2D eigenvalue weighted by Gasteiger charge is 2.25. The van der Waals surface area contributed by atoms with Gasteiger partial charge in [-0.3, -0.25) is 0 Å². The molecule has 2 aromatic carbocycles. The molecule has 0 bridgehead atoms. The van der Waals surface area contributed by atoms with E-state index in [1.807, 2.05) is 30.3 Å². The number of furan rings is 1. The lowest BCUT2D eigenvalue weighted by molar-refractivity contribution is 0.276. The average Bonchev–Trinajstić information content (AvgIpc) is 3.33. The molecule has 1 aliphatic carbocycles. The molecule has 2 N–H and O–H groups in total. The van der Waals surface area contributed by atoms with Gasteiger partial charge in [-0.05, 0) is 47.4 Å². The largest absolute Gasteiger partial charge is 0.437 e. The summed E-state index contributed by atoms with van der Waals surface area (Å²) < 4.78 is 6.43. The van der Waals surface area contributed by atoms with Crippen molar-refractivity contribution in [2.75, 3.05) is 11.9 Å². The van der Waals surface area contributed by atoms with Crippen molar-refractivity contribution in [2.45, 2.75) is 45.1 Å². The van der Waals surface area contributed by atoms with Crippen LogP contribution >= 0.6 is 0 Å². The van der Waals surface area contributed by atoms with Crippen LogP contribution in [0.2, 0.25) is 0 Å². The third-order valence-corrected chi connectivity index (χ3v) is 6.85. The number of rotatable bonds is 8. The molecule has 0 radical (unpaired) electrons. The van der Waals surface area contributed by atoms with Crippen molar-refractivity contribution in [3.63, 3.8) is 0 Å². The Labute approximate surface area is 206 Å². The fourth-order valence-corrected chi connectivity index (χ4v) is 4.66. The summed E-state index contributed by atoms with van der Waals surface area (Å²) in [5, 5.41) is 14.5. The normalized spacial score (nSPS) is 15.1. The summed E-state index contributed by atoms with van der Waals surface area (Å²) in [6.07, 6.45) is 10.9. The van der Waals surface area contributed by atoms with Gasteiger partial charge in [-0.25, -0.2) is 9.97 Å². The Kier molecular flexibility index (Phi) is 6.77. The van der Waals surface area contributed by atoms with Crippen molar-refractivity contribution in [2.24, 2.45) is 0 Å². The molecular weight excluding hydrogens is 434 g/mol. The molecule has 2 heterocycles. The van der Waals surface area contributed by atoms with Gasteiger partial charge in [0.05, 0.1) is 18.0 Å². The standard InChI is InChI=1S/C30H31N3O2/c1-3-20(2)23-15-10-16-24(17-23)26-27-29(33-25(18-34)21-11-6-4-7-12-21)31-19-32-30(27)35-28(26)22-13-8-5-9-14-22/h4-8,10-13,15-17,19-20,25,34H,3,9,14,18H2,1-2H3,(H,31,32,33). The third-order valence-electron chi connectivity index (χ3n) is 6.85. The molecule has 5 nitrogen and oxygen atoms in total. The summed E-state index contributed by atoms with van der Waals surface area (Å²) in [5.74, 6) is 1.96. The number of nitrogens with one attached hydrogen (secondary N) is 1. The molecule has 0 fully saturated rings. The second-order valence-corrected chi connectivity index (χ2v) is 9.09. The van der Waals surface area contributed by atoms with Crippen LogP contribution in [0.3, 0.4) is 0 Å². The minimum Gasteiger partial charge on any atom is -0.437 e. The molecule has 35 heavy (non-hydrogen) atoms. The molecule has 2 atom stereocenters. The van der Waals surface area contributed by atoms with E-state index in [1.54, 1.807) is 0 Å². The molecular formula is C30H31N3O2. The topological polar surface area (TPSA) is 71.2 Å². The first-order valence-electron chi connectivity index (χ1n) is 12.4. The van der Waals surface area contributed by atoms with Gasteiger partial charge < -0.3 is 14.8 Å². The molecule has 2 unspecified atom stereocenters. The van der Waals surface area contributed by atoms with Gasteiger partial charge in [0.2, 0.25) is 5.71 Å². The van der Waals surface area contributed by atoms with Crippen LogP contribution in [0.5, 0.6) is 0 Å². The smallest absolute Gasteiger partial charge is 0.232 e. The minimum atomic E-state index is -0.302. The van der Waals surface area contributed by atoms with Crippen molar-refractivity contribution < 1.29 is 9.52 Å². The molecule has 1 aliphatic rings. The van der Waals surface area contributed by atoms with Gasteiger partial charge in [-0.2, -0.15) is 0 Å². The van der Waals surface area contributed by atoms with Crippen LogP contribution < -0.4 is 5.32 Å². The van der Waals surface area contributed by atoms with E-state index in [2.05, 4.69) is 71.6 Å². The zero-order chi connectivity index (χ0) is 24.2. The Morgan fingerprint density at radius 1 is 1.06 bits per heavy atom. The Balaban J connectivity index is 1.70. The molecule has 4 aromatic rings. The van der Waals surface area contributed by atoms with E-state index in [-0.39, 0.29) is 12.6 Å². The maximum atomic E-state index is 10.2. The van der Waals surface area contributed by atoms with E-state index >= 15 is 0 Å². The highest BCUT2D eigenvalue weighted by Crippen LogP contribution is 2.43. The summed E-state index contributed by atoms with van der Waals surface area (Å²) in [6, 6.07) is 18.3. The average molecular weight is 466 g/mol. The van der Waals surface area contributed by atoms with Crippen LogP contribution in [0.1, 0.15) is 62.0 Å². The van der Waals surface area contributed by atoms with Crippen molar-refractivity contribution in [1.82, 2.24) is 9.97 Å². The first-order valence-corrected chi connectivity index (χ1v) is 12.4. The number of benzene rings is 2. The predicted molar refractivity (Wildman–Crippen MR) is 142 cm³/mol. The quantitative estimate of drug-likeness (QED) is 0.286. The molecule has 5 rings (SSSR count). The molecule has 0 saturated carbocycles. The molecule has 0 aliphatic heterocycles. The van der Waals surface area contributed by atoms with Gasteiger partial charge in [0.1, 0.15) is 17.9 Å². The van der Waals surface area contributed by atoms with E-state index < -0.39 is 0 Å². The number of hydrogen-bond acceptors (Lipinski definition) is 5. The number of aliphatic hydroxyl groups is 1. The lowest BCUT2D eigenvalue weighted by Gasteiger charge is -2.18. The highest BCUT2D eigenvalue weighted by molar-refractivity contribution is 6.04. The lowest BCUT2D eigenvalue weighted by Crippen LogP contribution is -2.16. The van der Waals surface area contributed by atoms with E-state index in [0.717, 1.165) is 52.7 Å². The number of fused-ring (bicyclic) bond motifs is 1. The first kappa shape index (κ1) is 23.1. The van der Waals surface area contributed by atoms with Crippen LogP contribution in [-0.4, -0.2) is 21.7 Å². The number of aliphatic hydroxyl groups excluding tert-OH is 1. The van der Waals surface area contributed by atoms with E-state index in [0.29, 0.717) is 17.4 Å². The summed E-state index contributed by atoms with van der Waals surface area (Å²) in [5.41, 5.74) is 6.08. The molecule has 0 saturated heterocycles. The van der Waals surface area contributed by atoms with Gasteiger partial charge in [0, 0.05) is 5.56 Å². The fourth-order valence-electron chi connectivity index (χ4n) is 4.66. The summed E-state index contributed by atoms with van der Waals surface area (Å²) in [7, 11) is 0. The van der Waals surface area contributed by atoms with Gasteiger partial charge in [0.15, 0.2) is 0 Å². The second-order valence-electron chi connectivity index (χ2n) is 9.09. The van der Waals surface area contributed by atoms with Gasteiger partial charge in [-0.1, -0.05) is 86.7 Å². The Morgan fingerprint density at radius 2 is 1.89 bits per heavy atom. The van der Waals surface area contributed by atoms with E-state index in [9.17, 15) is 5.11 Å². The monoisotopic (exact) mass is 465 g/mol. The molecule has 2 aromatic heterocycles. The fraction of sp³-hybridized carbons (Fsp3) is 0.267. The van der Waals surface area contributed by atoms with Crippen molar-refractivity contribution >= 4 is 22.5 Å². The van der Waals surface area contributed by atoms with Gasteiger partial charge >= 0.3 is 0 Å². The zero-order valence-corrected chi connectivity index (χ0v) is 20.2. The van der Waals surface area contributed by atoms with E-state index in [4.69, 9.17) is 4.42 Å². The zero-order valence-electron chi connectivity index (χ0n) is 20.2. The number of nitrogens with zero attached hydrogens (tertiary/aromatic N) is 2. The van der Waals surface area contributed by atoms with Crippen LogP contribution in [0, 0.1) is 0 Å². The van der Waals surface area contributed by atoms with Crippen LogP contribution in [-0.2, 0) is 0 Å². The van der Waals surface area contributed by atoms with Gasteiger partial charge in [0.25, 0.3) is 0 Å². The minimum absolute atomic E-state index is 0.0605. The van der Waals surface area contributed by atoms with Crippen molar-refractivity contribution in [1.29, 1.82) is 0 Å². The van der Waals surface area contributed by atoms with Crippen LogP contribution in [0.4, 0.5) is 5.82 Å². The molecule has 178 valence electrons. The summed E-state index contributed by atoms with van der Waals surface area (Å²) in [6.45, 7) is 4.41. The van der Waals surface area contributed by atoms with Crippen LogP contribution in [0.25, 0.3) is 27.8 Å². The number of allylic oxidation sites excluding steroid dienone is 4. The summed E-state index contributed by atoms with van der Waals surface area (Å²) >= 11 is 0. The first-order chi connectivity index (χ1) is 17.2.